The highest BCUT2D eigenvalue weighted by Crippen LogP contribution is 2.52. The fourth-order valence-electron chi connectivity index (χ4n) is 12.9. The Labute approximate surface area is 480 Å². The summed E-state index contributed by atoms with van der Waals surface area (Å²) in [7, 11) is 0. The van der Waals surface area contributed by atoms with Crippen molar-refractivity contribution in [3.05, 3.63) is 214 Å². The van der Waals surface area contributed by atoms with E-state index in [1.165, 1.54) is 122 Å². The van der Waals surface area contributed by atoms with Crippen molar-refractivity contribution >= 4 is 85.1 Å². The zero-order chi connectivity index (χ0) is 57.3. The molecule has 0 spiro atoms. The third kappa shape index (κ3) is 9.45. The van der Waals surface area contributed by atoms with Crippen molar-refractivity contribution in [2.24, 2.45) is 0 Å². The Balaban J connectivity index is 1.28. The highest BCUT2D eigenvalue weighted by Gasteiger charge is 2.46. The maximum atomic E-state index is 2.69. The number of benzene rings is 9. The van der Waals surface area contributed by atoms with Crippen LogP contribution in [-0.4, -0.2) is 6.71 Å². The first-order valence-corrected chi connectivity index (χ1v) is 29.3. The minimum Gasteiger partial charge on any atom is -0.311 e. The molecule has 406 valence electrons. The number of aryl methyl sites for hydroxylation is 4. The van der Waals surface area contributed by atoms with Crippen LogP contribution in [-0.2, 0) is 27.1 Å². The molecule has 0 radical (unpaired) electrons. The lowest BCUT2D eigenvalue weighted by atomic mass is 9.33. The summed E-state index contributed by atoms with van der Waals surface area (Å²) in [6.45, 7) is 44.5. The average Bonchev–Trinajstić information content (AvgIpc) is 3.43. The Morgan fingerprint density at radius 1 is 0.350 bits per heavy atom. The van der Waals surface area contributed by atoms with Crippen molar-refractivity contribution in [3.63, 3.8) is 0 Å². The van der Waals surface area contributed by atoms with Crippen LogP contribution in [0.15, 0.2) is 164 Å². The Bertz CT molecular complexity index is 3850. The monoisotopic (exact) mass is 1050 g/mol. The molecule has 0 saturated heterocycles. The van der Waals surface area contributed by atoms with Gasteiger partial charge in [-0.25, -0.2) is 0 Å². The number of hydrogen-bond donors (Lipinski definition) is 0. The van der Waals surface area contributed by atoms with Gasteiger partial charge >= 0.3 is 0 Å². The summed E-state index contributed by atoms with van der Waals surface area (Å²) >= 11 is 0. The van der Waals surface area contributed by atoms with E-state index in [9.17, 15) is 0 Å². The van der Waals surface area contributed by atoms with Gasteiger partial charge in [0.1, 0.15) is 0 Å². The molecule has 0 saturated carbocycles. The van der Waals surface area contributed by atoms with Gasteiger partial charge in [-0.15, -0.1) is 0 Å². The molecule has 80 heavy (non-hydrogen) atoms. The SMILES string of the molecule is Cc1cc(C(C)(C)C)cc(C)c1N1c2cc(N(c3ccc(C(C)(C)C)cc3)c3ccc4ccccc4c3-c3ccccc3)ccc2B2c3ccc(C(C)(C)C)cc3N(c3c(C)cc(C(C)(C)C)cc3C)c3cc(C(C)(C)C)cc1c32. The van der Waals surface area contributed by atoms with E-state index in [2.05, 4.69) is 310 Å². The highest BCUT2D eigenvalue weighted by atomic mass is 15.2. The molecule has 0 aliphatic carbocycles. The molecule has 2 heterocycles. The first-order chi connectivity index (χ1) is 37.5. The molecule has 2 aliphatic rings. The molecule has 3 nitrogen and oxygen atoms in total. The molecule has 0 unspecified atom stereocenters. The van der Waals surface area contributed by atoms with Gasteiger partial charge in [0.15, 0.2) is 0 Å². The summed E-state index contributed by atoms with van der Waals surface area (Å²) in [5, 5.41) is 2.45. The Hall–Kier alpha value is -7.30. The lowest BCUT2D eigenvalue weighted by Crippen LogP contribution is -2.61. The standard InChI is InChI=1S/C76H84BN3/c1-47-39-55(74(11,12)13)40-48(2)70(47)79-64-43-54(73(8,9)10)32-36-61(64)77-62-37-35-59(46-65(62)80(67-45-57(76(17,18)19)44-66(79)69(67)77)71-49(3)41-56(42-50(71)4)75(14,15)16)78(58-33-30-53(31-34-58)72(5,6)7)63-38-29-51-25-23-24-28-60(51)68(63)52-26-21-20-22-27-52/h20-46H,1-19H3. The van der Waals surface area contributed by atoms with E-state index in [1.807, 2.05) is 0 Å². The summed E-state index contributed by atoms with van der Waals surface area (Å²) in [6.07, 6.45) is 0. The van der Waals surface area contributed by atoms with E-state index < -0.39 is 0 Å². The van der Waals surface area contributed by atoms with Gasteiger partial charge in [-0.3, -0.25) is 0 Å². The topological polar surface area (TPSA) is 9.72 Å². The van der Waals surface area contributed by atoms with E-state index in [0.717, 1.165) is 17.1 Å². The van der Waals surface area contributed by atoms with Crippen molar-refractivity contribution in [3.8, 4) is 11.1 Å². The molecule has 0 atom stereocenters. The van der Waals surface area contributed by atoms with Crippen LogP contribution in [0, 0.1) is 27.7 Å². The van der Waals surface area contributed by atoms with E-state index in [-0.39, 0.29) is 33.8 Å². The average molecular weight is 1050 g/mol. The van der Waals surface area contributed by atoms with Gasteiger partial charge in [0.2, 0.25) is 0 Å². The number of hydrogen-bond acceptors (Lipinski definition) is 3. The Morgan fingerprint density at radius 2 is 0.762 bits per heavy atom. The fraction of sp³-hybridized carbons (Fsp3) is 0.316. The molecule has 4 heteroatoms. The molecule has 0 bridgehead atoms. The Morgan fingerprint density at radius 3 is 1.26 bits per heavy atom. The van der Waals surface area contributed by atoms with E-state index in [4.69, 9.17) is 0 Å². The molecule has 11 rings (SSSR count). The second-order valence-electron chi connectivity index (χ2n) is 28.6. The van der Waals surface area contributed by atoms with Crippen LogP contribution in [0.2, 0.25) is 0 Å². The van der Waals surface area contributed by atoms with Crippen LogP contribution in [0.1, 0.15) is 154 Å². The highest BCUT2D eigenvalue weighted by molar-refractivity contribution is 7.00. The van der Waals surface area contributed by atoms with Crippen molar-refractivity contribution < 1.29 is 0 Å². The molecule has 0 fully saturated rings. The van der Waals surface area contributed by atoms with Crippen LogP contribution in [0.5, 0.6) is 0 Å². The first kappa shape index (κ1) is 54.7. The molecule has 0 N–H and O–H groups in total. The third-order valence-electron chi connectivity index (χ3n) is 17.4. The third-order valence-corrected chi connectivity index (χ3v) is 17.4. The van der Waals surface area contributed by atoms with Crippen molar-refractivity contribution in [2.45, 2.75) is 159 Å². The maximum Gasteiger partial charge on any atom is 0.252 e. The predicted octanol–water partition coefficient (Wildman–Crippen LogP) is 19.8. The van der Waals surface area contributed by atoms with Crippen LogP contribution in [0.4, 0.5) is 51.2 Å². The predicted molar refractivity (Wildman–Crippen MR) is 351 cm³/mol. The number of fused-ring (bicyclic) bond motifs is 5. The van der Waals surface area contributed by atoms with Gasteiger partial charge in [-0.1, -0.05) is 219 Å². The molecule has 0 amide bonds. The minimum atomic E-state index is -0.172. The summed E-state index contributed by atoms with van der Waals surface area (Å²) in [5.41, 5.74) is 28.7. The second kappa shape index (κ2) is 19.2. The minimum absolute atomic E-state index is 0.00295. The normalized spacial score (nSPS) is 13.6. The number of rotatable bonds is 6. The quantitative estimate of drug-likeness (QED) is 0.154. The van der Waals surface area contributed by atoms with E-state index in [1.54, 1.807) is 0 Å². The lowest BCUT2D eigenvalue weighted by molar-refractivity contribution is 0.588. The summed E-state index contributed by atoms with van der Waals surface area (Å²) in [4.78, 5) is 7.91. The lowest BCUT2D eigenvalue weighted by Gasteiger charge is -2.47. The molecule has 9 aromatic carbocycles. The van der Waals surface area contributed by atoms with Crippen LogP contribution in [0.25, 0.3) is 21.9 Å². The van der Waals surface area contributed by atoms with Gasteiger partial charge in [0, 0.05) is 39.7 Å². The summed E-state index contributed by atoms with van der Waals surface area (Å²) < 4.78 is 0. The van der Waals surface area contributed by atoms with Crippen molar-refractivity contribution in [1.82, 2.24) is 0 Å². The van der Waals surface area contributed by atoms with Crippen molar-refractivity contribution in [2.75, 3.05) is 14.7 Å². The Kier molecular flexibility index (Phi) is 13.1. The maximum absolute atomic E-state index is 2.69. The van der Waals surface area contributed by atoms with Gasteiger partial charge in [-0.2, -0.15) is 0 Å². The number of nitrogens with zero attached hydrogens (tertiary/aromatic N) is 3. The summed E-state index contributed by atoms with van der Waals surface area (Å²) in [5.74, 6) is 0. The smallest absolute Gasteiger partial charge is 0.252 e. The van der Waals surface area contributed by atoms with Gasteiger partial charge in [0.25, 0.3) is 6.71 Å². The van der Waals surface area contributed by atoms with E-state index in [0.29, 0.717) is 0 Å². The largest absolute Gasteiger partial charge is 0.311 e. The summed E-state index contributed by atoms with van der Waals surface area (Å²) in [6, 6.07) is 63.7. The zero-order valence-corrected chi connectivity index (χ0v) is 51.5. The second-order valence-corrected chi connectivity index (χ2v) is 28.6. The zero-order valence-electron chi connectivity index (χ0n) is 51.5. The van der Waals surface area contributed by atoms with Crippen molar-refractivity contribution in [1.29, 1.82) is 0 Å². The molecular formula is C76H84BN3. The number of anilines is 9. The molecule has 9 aromatic rings. The van der Waals surface area contributed by atoms with Crippen LogP contribution < -0.4 is 31.1 Å². The molecule has 0 aromatic heterocycles. The first-order valence-electron chi connectivity index (χ1n) is 29.3. The van der Waals surface area contributed by atoms with E-state index >= 15 is 0 Å². The van der Waals surface area contributed by atoms with Gasteiger partial charge in [-0.05, 0) is 186 Å². The van der Waals surface area contributed by atoms with Gasteiger partial charge in [0.05, 0.1) is 17.1 Å². The molecular weight excluding hydrogens is 966 g/mol. The molecule has 2 aliphatic heterocycles. The fourth-order valence-corrected chi connectivity index (χ4v) is 12.9. The van der Waals surface area contributed by atoms with Crippen LogP contribution in [0.3, 0.4) is 0 Å². The van der Waals surface area contributed by atoms with Crippen LogP contribution >= 0.6 is 0 Å². The van der Waals surface area contributed by atoms with Gasteiger partial charge < -0.3 is 14.7 Å².